The van der Waals surface area contributed by atoms with Crippen molar-refractivity contribution in [2.24, 2.45) is 46.3 Å². The van der Waals surface area contributed by atoms with E-state index in [1.54, 1.807) is 0 Å². The Bertz CT molecular complexity index is 630. The predicted octanol–water partition coefficient (Wildman–Crippen LogP) is 6.60. The predicted molar refractivity (Wildman–Crippen MR) is 119 cm³/mol. The molecule has 1 aliphatic heterocycles. The summed E-state index contributed by atoms with van der Waals surface area (Å²) >= 11 is 0. The highest BCUT2D eigenvalue weighted by Crippen LogP contribution is 2.74. The molecule has 1 heterocycles. The van der Waals surface area contributed by atoms with Crippen LogP contribution in [0.25, 0.3) is 0 Å². The molecule has 0 radical (unpaired) electrons. The van der Waals surface area contributed by atoms with Gasteiger partial charge in [-0.25, -0.2) is 0 Å². The first-order valence-corrected chi connectivity index (χ1v) is 13.1. The summed E-state index contributed by atoms with van der Waals surface area (Å²) in [5.74, 6) is 5.31. The lowest BCUT2D eigenvalue weighted by Gasteiger charge is -2.59. The molecule has 5 aliphatic rings. The number of aliphatic hydroxyl groups excluding tert-OH is 1. The number of epoxide rings is 1. The number of hydrogen-bond donors (Lipinski definition) is 1. The molecule has 5 fully saturated rings. The molecule has 0 unspecified atom stereocenters. The van der Waals surface area contributed by atoms with Gasteiger partial charge in [0.15, 0.2) is 0 Å². The zero-order chi connectivity index (χ0) is 20.6. The lowest BCUT2D eigenvalue weighted by Crippen LogP contribution is -2.58. The normalized spacial score (nSPS) is 54.3. The molecule has 2 nitrogen and oxygen atoms in total. The van der Waals surface area contributed by atoms with Gasteiger partial charge in [-0.1, -0.05) is 53.9 Å². The van der Waals surface area contributed by atoms with Crippen LogP contribution in [0.3, 0.4) is 0 Å². The van der Waals surface area contributed by atoms with Crippen LogP contribution < -0.4 is 0 Å². The van der Waals surface area contributed by atoms with Gasteiger partial charge in [0.25, 0.3) is 0 Å². The van der Waals surface area contributed by atoms with Gasteiger partial charge >= 0.3 is 0 Å². The Morgan fingerprint density at radius 2 is 1.76 bits per heavy atom. The monoisotopic (exact) mass is 402 g/mol. The highest BCUT2D eigenvalue weighted by atomic mass is 16.6. The van der Waals surface area contributed by atoms with Crippen molar-refractivity contribution < 1.29 is 9.84 Å². The maximum Gasteiger partial charge on any atom is 0.103 e. The number of ether oxygens (including phenoxy) is 1. The van der Waals surface area contributed by atoms with E-state index in [4.69, 9.17) is 4.74 Å². The van der Waals surface area contributed by atoms with Gasteiger partial charge < -0.3 is 9.84 Å². The Morgan fingerprint density at radius 1 is 0.966 bits per heavy atom. The molecule has 166 valence electrons. The van der Waals surface area contributed by atoms with Crippen LogP contribution in [0.2, 0.25) is 0 Å². The van der Waals surface area contributed by atoms with Gasteiger partial charge in [0.1, 0.15) is 5.60 Å². The standard InChI is InChI=1S/C27H46O2/c1-17(2)7-6-8-18(3)21-9-10-22-20-15-24-27(29-24)16-19(28)11-14-26(27,5)23(20)12-13-25(21,22)4/h17-24,28H,6-16H2,1-5H3/t18-,19-,20+,21-,22+,23+,24-,25+,26+,27-/m0/s1. The Morgan fingerprint density at radius 3 is 2.52 bits per heavy atom. The first-order chi connectivity index (χ1) is 13.7. The fourth-order valence-electron chi connectivity index (χ4n) is 9.68. The summed E-state index contributed by atoms with van der Waals surface area (Å²) in [7, 11) is 0. The van der Waals surface area contributed by atoms with Crippen LogP contribution in [0, 0.1) is 46.3 Å². The summed E-state index contributed by atoms with van der Waals surface area (Å²) in [5, 5.41) is 10.4. The molecule has 10 atom stereocenters. The first-order valence-electron chi connectivity index (χ1n) is 13.1. The molecular weight excluding hydrogens is 356 g/mol. The van der Waals surface area contributed by atoms with Crippen molar-refractivity contribution in [2.75, 3.05) is 0 Å². The molecule has 1 saturated heterocycles. The van der Waals surface area contributed by atoms with Crippen LogP contribution in [0.15, 0.2) is 0 Å². The molecule has 1 N–H and O–H groups in total. The summed E-state index contributed by atoms with van der Waals surface area (Å²) in [4.78, 5) is 0. The van der Waals surface area contributed by atoms with Gasteiger partial charge in [-0.3, -0.25) is 0 Å². The minimum atomic E-state index is -0.124. The van der Waals surface area contributed by atoms with Gasteiger partial charge in [0.05, 0.1) is 12.2 Å². The van der Waals surface area contributed by atoms with Gasteiger partial charge in [0, 0.05) is 11.8 Å². The maximum atomic E-state index is 10.4. The van der Waals surface area contributed by atoms with Crippen molar-refractivity contribution >= 4 is 0 Å². The molecule has 2 heteroatoms. The molecule has 4 saturated carbocycles. The van der Waals surface area contributed by atoms with Crippen molar-refractivity contribution in [2.45, 2.75) is 123 Å². The fourth-order valence-corrected chi connectivity index (χ4v) is 9.68. The zero-order valence-electron chi connectivity index (χ0n) is 19.8. The molecule has 0 amide bonds. The van der Waals surface area contributed by atoms with E-state index < -0.39 is 0 Å². The minimum absolute atomic E-state index is 0.0434. The van der Waals surface area contributed by atoms with Gasteiger partial charge in [-0.2, -0.15) is 0 Å². The van der Waals surface area contributed by atoms with E-state index >= 15 is 0 Å². The molecule has 29 heavy (non-hydrogen) atoms. The summed E-state index contributed by atoms with van der Waals surface area (Å²) in [5.41, 5.74) is 0.932. The highest BCUT2D eigenvalue weighted by molar-refractivity contribution is 5.24. The third-order valence-electron chi connectivity index (χ3n) is 11.3. The number of fused-ring (bicyclic) bond motifs is 4. The molecule has 5 rings (SSSR count). The minimum Gasteiger partial charge on any atom is -0.393 e. The molecule has 0 aromatic carbocycles. The zero-order valence-corrected chi connectivity index (χ0v) is 19.8. The van der Waals surface area contributed by atoms with E-state index in [1.165, 1.54) is 57.8 Å². The average Bonchev–Trinajstić information content (AvgIpc) is 3.22. The van der Waals surface area contributed by atoms with E-state index in [1.807, 2.05) is 0 Å². The van der Waals surface area contributed by atoms with Crippen LogP contribution in [-0.4, -0.2) is 22.9 Å². The molecule has 0 aromatic heterocycles. The smallest absolute Gasteiger partial charge is 0.103 e. The second kappa shape index (κ2) is 6.96. The van der Waals surface area contributed by atoms with Crippen LogP contribution in [0.5, 0.6) is 0 Å². The summed E-state index contributed by atoms with van der Waals surface area (Å²) in [6, 6.07) is 0. The molecule has 0 bridgehead atoms. The topological polar surface area (TPSA) is 32.8 Å². The Balaban J connectivity index is 1.33. The van der Waals surface area contributed by atoms with E-state index in [0.29, 0.717) is 16.9 Å². The lowest BCUT2D eigenvalue weighted by atomic mass is 9.44. The summed E-state index contributed by atoms with van der Waals surface area (Å²) in [6.07, 6.45) is 14.8. The third-order valence-corrected chi connectivity index (χ3v) is 11.3. The summed E-state index contributed by atoms with van der Waals surface area (Å²) in [6.45, 7) is 12.6. The largest absolute Gasteiger partial charge is 0.393 e. The van der Waals surface area contributed by atoms with Gasteiger partial charge in [-0.05, 0) is 85.9 Å². The van der Waals surface area contributed by atoms with E-state index in [9.17, 15) is 5.11 Å². The molecule has 0 aromatic rings. The van der Waals surface area contributed by atoms with Crippen molar-refractivity contribution in [3.8, 4) is 0 Å². The first kappa shape index (κ1) is 20.8. The average molecular weight is 403 g/mol. The maximum absolute atomic E-state index is 10.4. The quantitative estimate of drug-likeness (QED) is 0.525. The van der Waals surface area contributed by atoms with Crippen molar-refractivity contribution in [3.05, 3.63) is 0 Å². The number of hydrogen-bond acceptors (Lipinski definition) is 2. The molecule has 4 aliphatic carbocycles. The van der Waals surface area contributed by atoms with Crippen LogP contribution in [0.1, 0.15) is 105 Å². The van der Waals surface area contributed by atoms with Gasteiger partial charge in [0.2, 0.25) is 0 Å². The Hall–Kier alpha value is -0.0800. The van der Waals surface area contributed by atoms with Crippen LogP contribution >= 0.6 is 0 Å². The molecular formula is C27H46O2. The third kappa shape index (κ3) is 2.94. The number of aliphatic hydroxyl groups is 1. The SMILES string of the molecule is CC(C)CCC[C@H](C)[C@@H]1CC[C@@H]2[C@H]3C[C@@H]4O[C@@]45C[C@@H](O)CC[C@]5(C)[C@@H]3CC[C@@]21C. The molecule has 1 spiro atoms. The van der Waals surface area contributed by atoms with E-state index in [2.05, 4.69) is 34.6 Å². The summed E-state index contributed by atoms with van der Waals surface area (Å²) < 4.78 is 6.51. The van der Waals surface area contributed by atoms with Crippen LogP contribution in [-0.2, 0) is 4.74 Å². The fraction of sp³-hybridized carbons (Fsp3) is 1.00. The van der Waals surface area contributed by atoms with E-state index in [-0.39, 0.29) is 11.7 Å². The second-order valence-corrected chi connectivity index (χ2v) is 13.0. The second-order valence-electron chi connectivity index (χ2n) is 13.0. The van der Waals surface area contributed by atoms with Crippen molar-refractivity contribution in [1.29, 1.82) is 0 Å². The highest BCUT2D eigenvalue weighted by Gasteiger charge is 2.76. The van der Waals surface area contributed by atoms with Gasteiger partial charge in [-0.15, -0.1) is 0 Å². The number of rotatable bonds is 5. The Kier molecular flexibility index (Phi) is 4.99. The Labute approximate surface area is 179 Å². The van der Waals surface area contributed by atoms with E-state index in [0.717, 1.165) is 48.3 Å². The lowest BCUT2D eigenvalue weighted by molar-refractivity contribution is -0.116. The van der Waals surface area contributed by atoms with Crippen molar-refractivity contribution in [1.82, 2.24) is 0 Å². The van der Waals surface area contributed by atoms with Crippen molar-refractivity contribution in [3.63, 3.8) is 0 Å². The van der Waals surface area contributed by atoms with Crippen LogP contribution in [0.4, 0.5) is 0 Å².